The van der Waals surface area contributed by atoms with Crippen LogP contribution in [0.3, 0.4) is 0 Å². The molecule has 3 N–H and O–H groups in total. The summed E-state index contributed by atoms with van der Waals surface area (Å²) in [6.07, 6.45) is 2.42. The van der Waals surface area contributed by atoms with Gasteiger partial charge in [0.05, 0.1) is 12.6 Å². The highest BCUT2D eigenvalue weighted by Gasteiger charge is 2.13. The fourth-order valence-electron chi connectivity index (χ4n) is 2.35. The van der Waals surface area contributed by atoms with Gasteiger partial charge in [-0.05, 0) is 48.6 Å². The zero-order valence-electron chi connectivity index (χ0n) is 14.5. The molecule has 0 saturated heterocycles. The first-order chi connectivity index (χ1) is 12.1. The van der Waals surface area contributed by atoms with Crippen LogP contribution in [0.2, 0.25) is 0 Å². The summed E-state index contributed by atoms with van der Waals surface area (Å²) in [5, 5.41) is 14.9. The van der Waals surface area contributed by atoms with Gasteiger partial charge in [0.1, 0.15) is 5.69 Å². The zero-order valence-corrected chi connectivity index (χ0v) is 14.5. The van der Waals surface area contributed by atoms with E-state index in [9.17, 15) is 9.90 Å². The van der Waals surface area contributed by atoms with Gasteiger partial charge in [-0.2, -0.15) is 0 Å². The molecule has 0 aliphatic rings. The fraction of sp³-hybridized carbons (Fsp3) is 0.300. The Morgan fingerprint density at radius 3 is 2.72 bits per heavy atom. The second-order valence-corrected chi connectivity index (χ2v) is 6.15. The van der Waals surface area contributed by atoms with Crippen molar-refractivity contribution in [2.45, 2.75) is 26.3 Å². The Kier molecular flexibility index (Phi) is 7.00. The van der Waals surface area contributed by atoms with Crippen LogP contribution in [-0.4, -0.2) is 28.8 Å². The third-order valence-electron chi connectivity index (χ3n) is 3.43. The molecule has 2 amide bonds. The average Bonchev–Trinajstić information content (AvgIpc) is 2.60. The molecule has 1 unspecified atom stereocenters. The number of aliphatic hydroxyl groups excluding tert-OH is 1. The molecule has 0 bridgehead atoms. The van der Waals surface area contributed by atoms with Crippen LogP contribution in [-0.2, 0) is 0 Å². The van der Waals surface area contributed by atoms with Crippen molar-refractivity contribution in [1.82, 2.24) is 10.3 Å². The Hall–Kier alpha value is -2.84. The van der Waals surface area contributed by atoms with Crippen LogP contribution in [0.15, 0.2) is 48.7 Å². The average molecular weight is 337 g/mol. The maximum atomic E-state index is 12.1. The standard InChI is InChI=1S/C20H23N3O2/c1-15(2)12-19(14-24)23-20(25)22-18-8-5-6-16(13-18)9-10-17-7-3-4-11-21-17/h3-8,11,13,15,19,24H,12,14H2,1-2H3,(H2,22,23,25). The van der Waals surface area contributed by atoms with E-state index in [1.807, 2.05) is 44.2 Å². The lowest BCUT2D eigenvalue weighted by molar-refractivity contribution is 0.214. The Morgan fingerprint density at radius 2 is 2.04 bits per heavy atom. The normalized spacial score (nSPS) is 11.4. The van der Waals surface area contributed by atoms with E-state index >= 15 is 0 Å². The molecule has 5 nitrogen and oxygen atoms in total. The van der Waals surface area contributed by atoms with E-state index in [4.69, 9.17) is 0 Å². The van der Waals surface area contributed by atoms with Gasteiger partial charge in [0.15, 0.2) is 0 Å². The molecule has 1 heterocycles. The summed E-state index contributed by atoms with van der Waals surface area (Å²) in [7, 11) is 0. The minimum Gasteiger partial charge on any atom is -0.394 e. The predicted molar refractivity (Wildman–Crippen MR) is 99.1 cm³/mol. The number of rotatable bonds is 5. The first-order valence-corrected chi connectivity index (χ1v) is 8.28. The number of nitrogens with one attached hydrogen (secondary N) is 2. The van der Waals surface area contributed by atoms with Gasteiger partial charge in [0, 0.05) is 17.4 Å². The smallest absolute Gasteiger partial charge is 0.319 e. The van der Waals surface area contributed by atoms with E-state index in [-0.39, 0.29) is 18.7 Å². The highest BCUT2D eigenvalue weighted by molar-refractivity contribution is 5.89. The van der Waals surface area contributed by atoms with Crippen LogP contribution in [0.4, 0.5) is 10.5 Å². The van der Waals surface area contributed by atoms with Gasteiger partial charge in [-0.25, -0.2) is 9.78 Å². The molecular formula is C20H23N3O2. The SMILES string of the molecule is CC(C)CC(CO)NC(=O)Nc1cccc(C#Cc2ccccn2)c1. The minimum atomic E-state index is -0.338. The summed E-state index contributed by atoms with van der Waals surface area (Å²) in [5.74, 6) is 6.40. The second-order valence-electron chi connectivity index (χ2n) is 6.15. The number of urea groups is 1. The van der Waals surface area contributed by atoms with Gasteiger partial charge in [0.2, 0.25) is 0 Å². The molecule has 0 radical (unpaired) electrons. The van der Waals surface area contributed by atoms with E-state index in [0.29, 0.717) is 17.3 Å². The first kappa shape index (κ1) is 18.5. The Balaban J connectivity index is 1.99. The molecule has 1 atom stereocenters. The van der Waals surface area contributed by atoms with E-state index in [1.165, 1.54) is 0 Å². The number of amides is 2. The van der Waals surface area contributed by atoms with Crippen LogP contribution < -0.4 is 10.6 Å². The van der Waals surface area contributed by atoms with Gasteiger partial charge in [-0.3, -0.25) is 0 Å². The van der Waals surface area contributed by atoms with Crippen molar-refractivity contribution in [2.75, 3.05) is 11.9 Å². The molecule has 2 rings (SSSR count). The number of aliphatic hydroxyl groups is 1. The minimum absolute atomic E-state index is 0.0822. The zero-order chi connectivity index (χ0) is 18.1. The maximum absolute atomic E-state index is 12.1. The van der Waals surface area contributed by atoms with Crippen LogP contribution in [0.25, 0.3) is 0 Å². The number of aromatic nitrogens is 1. The third-order valence-corrected chi connectivity index (χ3v) is 3.43. The molecular weight excluding hydrogens is 314 g/mol. The molecule has 130 valence electrons. The van der Waals surface area contributed by atoms with Gasteiger partial charge < -0.3 is 15.7 Å². The van der Waals surface area contributed by atoms with Crippen LogP contribution in [0.5, 0.6) is 0 Å². The number of benzene rings is 1. The molecule has 1 aromatic heterocycles. The molecule has 0 fully saturated rings. The highest BCUT2D eigenvalue weighted by Crippen LogP contribution is 2.10. The van der Waals surface area contributed by atoms with Gasteiger partial charge >= 0.3 is 6.03 Å². The second kappa shape index (κ2) is 9.45. The lowest BCUT2D eigenvalue weighted by atomic mass is 10.0. The monoisotopic (exact) mass is 337 g/mol. The lowest BCUT2D eigenvalue weighted by Crippen LogP contribution is -2.40. The van der Waals surface area contributed by atoms with Crippen molar-refractivity contribution in [1.29, 1.82) is 0 Å². The van der Waals surface area contributed by atoms with E-state index in [2.05, 4.69) is 27.5 Å². The summed E-state index contributed by atoms with van der Waals surface area (Å²) in [5.41, 5.74) is 2.12. The molecule has 0 spiro atoms. The highest BCUT2D eigenvalue weighted by atomic mass is 16.3. The van der Waals surface area contributed by atoms with Crippen LogP contribution in [0, 0.1) is 17.8 Å². The third kappa shape index (κ3) is 6.66. The van der Waals surface area contributed by atoms with Crippen molar-refractivity contribution in [3.05, 3.63) is 59.9 Å². The number of pyridine rings is 1. The topological polar surface area (TPSA) is 74.2 Å². The molecule has 25 heavy (non-hydrogen) atoms. The summed E-state index contributed by atoms with van der Waals surface area (Å²) < 4.78 is 0. The summed E-state index contributed by atoms with van der Waals surface area (Å²) in [6, 6.07) is 12.3. The molecule has 2 aromatic rings. The van der Waals surface area contributed by atoms with Gasteiger partial charge in [-0.1, -0.05) is 31.9 Å². The lowest BCUT2D eigenvalue weighted by Gasteiger charge is -2.18. The maximum Gasteiger partial charge on any atom is 0.319 e. The quantitative estimate of drug-likeness (QED) is 0.734. The van der Waals surface area contributed by atoms with Crippen molar-refractivity contribution in [3.63, 3.8) is 0 Å². The number of hydrogen-bond donors (Lipinski definition) is 3. The van der Waals surface area contributed by atoms with Crippen LogP contribution >= 0.6 is 0 Å². The van der Waals surface area contributed by atoms with E-state index in [0.717, 1.165) is 12.0 Å². The Bertz CT molecular complexity index is 748. The Morgan fingerprint density at radius 1 is 1.20 bits per heavy atom. The van der Waals surface area contributed by atoms with Crippen molar-refractivity contribution < 1.29 is 9.90 Å². The van der Waals surface area contributed by atoms with E-state index in [1.54, 1.807) is 18.3 Å². The van der Waals surface area contributed by atoms with E-state index < -0.39 is 0 Å². The van der Waals surface area contributed by atoms with Crippen LogP contribution in [0.1, 0.15) is 31.5 Å². The summed E-state index contributed by atoms with van der Waals surface area (Å²) in [4.78, 5) is 16.2. The largest absolute Gasteiger partial charge is 0.394 e. The number of nitrogens with zero attached hydrogens (tertiary/aromatic N) is 1. The molecule has 1 aromatic carbocycles. The van der Waals surface area contributed by atoms with Crippen molar-refractivity contribution in [3.8, 4) is 11.8 Å². The number of carbonyl (C=O) groups excluding carboxylic acids is 1. The number of anilines is 1. The predicted octanol–water partition coefficient (Wildman–Crippen LogP) is 3.01. The van der Waals surface area contributed by atoms with Gasteiger partial charge in [0.25, 0.3) is 0 Å². The molecule has 0 aliphatic heterocycles. The Labute approximate surface area is 148 Å². The van der Waals surface area contributed by atoms with Crippen molar-refractivity contribution >= 4 is 11.7 Å². The molecule has 0 saturated carbocycles. The molecule has 0 aliphatic carbocycles. The summed E-state index contributed by atoms with van der Waals surface area (Å²) >= 11 is 0. The molecule has 5 heteroatoms. The first-order valence-electron chi connectivity index (χ1n) is 8.28. The number of hydrogen-bond acceptors (Lipinski definition) is 3. The van der Waals surface area contributed by atoms with Gasteiger partial charge in [-0.15, -0.1) is 0 Å². The summed E-state index contributed by atoms with van der Waals surface area (Å²) in [6.45, 7) is 4.01. The fourth-order valence-corrected chi connectivity index (χ4v) is 2.35. The van der Waals surface area contributed by atoms with Crippen molar-refractivity contribution in [2.24, 2.45) is 5.92 Å². The number of carbonyl (C=O) groups is 1.